The molecule has 2 aromatic rings. The minimum absolute atomic E-state index is 0.00227. The van der Waals surface area contributed by atoms with Crippen LogP contribution in [0.5, 0.6) is 0 Å². The van der Waals surface area contributed by atoms with Gasteiger partial charge in [0.05, 0.1) is 42.1 Å². The highest BCUT2D eigenvalue weighted by Crippen LogP contribution is 2.14. The van der Waals surface area contributed by atoms with Crippen LogP contribution < -0.4 is 0 Å². The van der Waals surface area contributed by atoms with Gasteiger partial charge >= 0.3 is 17.9 Å². The van der Waals surface area contributed by atoms with E-state index in [4.69, 9.17) is 14.2 Å². The van der Waals surface area contributed by atoms with E-state index >= 15 is 0 Å². The van der Waals surface area contributed by atoms with E-state index in [1.807, 2.05) is 24.3 Å². The molecule has 27 heavy (non-hydrogen) atoms. The van der Waals surface area contributed by atoms with Crippen LogP contribution in [0.2, 0.25) is 0 Å². The Hall–Kier alpha value is -3.03. The molecule has 2 rings (SSSR count). The molecule has 1 aromatic carbocycles. The van der Waals surface area contributed by atoms with Gasteiger partial charge in [-0.15, -0.1) is 0 Å². The van der Waals surface area contributed by atoms with Crippen LogP contribution in [-0.2, 0) is 41.4 Å². The molecule has 1 heterocycles. The molecule has 0 unspecified atom stereocenters. The van der Waals surface area contributed by atoms with Gasteiger partial charge in [-0.25, -0.2) is 9.97 Å². The quantitative estimate of drug-likeness (QED) is 0.483. The molecular weight excluding hydrogens is 352 g/mol. The zero-order valence-corrected chi connectivity index (χ0v) is 15.4. The molecule has 0 N–H and O–H groups in total. The molecule has 0 radical (unpaired) electrons. The zero-order valence-electron chi connectivity index (χ0n) is 15.4. The van der Waals surface area contributed by atoms with E-state index in [-0.39, 0.29) is 32.2 Å². The number of para-hydroxylation sites is 2. The molecule has 144 valence electrons. The van der Waals surface area contributed by atoms with Crippen LogP contribution in [-0.4, -0.2) is 47.7 Å². The van der Waals surface area contributed by atoms with Crippen molar-refractivity contribution >= 4 is 28.9 Å². The van der Waals surface area contributed by atoms with Gasteiger partial charge in [0, 0.05) is 26.7 Å². The average Bonchev–Trinajstić information content (AvgIpc) is 2.61. The highest BCUT2D eigenvalue weighted by molar-refractivity contribution is 5.74. The van der Waals surface area contributed by atoms with Gasteiger partial charge in [0.1, 0.15) is 6.61 Å². The van der Waals surface area contributed by atoms with Crippen LogP contribution in [0.3, 0.4) is 0 Å². The highest BCUT2D eigenvalue weighted by atomic mass is 16.5. The van der Waals surface area contributed by atoms with Gasteiger partial charge in [0.25, 0.3) is 0 Å². The average molecular weight is 374 g/mol. The number of hydrogen-bond donors (Lipinski definition) is 0. The number of hydrogen-bond acceptors (Lipinski definition) is 8. The Bertz CT molecular complexity index is 821. The SMILES string of the molecule is CC(=O)OCCC(=O)OCCc1nc2ccccc2nc1CCOC(C)=O. The topological polar surface area (TPSA) is 105 Å². The molecule has 0 atom stereocenters. The predicted octanol–water partition coefficient (Wildman–Crippen LogP) is 1.77. The van der Waals surface area contributed by atoms with Crippen molar-refractivity contribution < 1.29 is 28.6 Å². The second-order valence-corrected chi connectivity index (χ2v) is 5.76. The Kier molecular flexibility index (Phi) is 7.66. The second-order valence-electron chi connectivity index (χ2n) is 5.76. The van der Waals surface area contributed by atoms with Crippen LogP contribution in [0.4, 0.5) is 0 Å². The van der Waals surface area contributed by atoms with E-state index in [9.17, 15) is 14.4 Å². The summed E-state index contributed by atoms with van der Waals surface area (Å²) >= 11 is 0. The maximum absolute atomic E-state index is 11.7. The van der Waals surface area contributed by atoms with Crippen molar-refractivity contribution in [1.82, 2.24) is 9.97 Å². The van der Waals surface area contributed by atoms with Crippen molar-refractivity contribution in [3.63, 3.8) is 0 Å². The van der Waals surface area contributed by atoms with E-state index in [0.29, 0.717) is 24.2 Å². The van der Waals surface area contributed by atoms with Crippen LogP contribution in [0, 0.1) is 0 Å². The summed E-state index contributed by atoms with van der Waals surface area (Å²) < 4.78 is 14.8. The molecule has 0 saturated heterocycles. The van der Waals surface area contributed by atoms with Crippen LogP contribution in [0.1, 0.15) is 31.7 Å². The minimum Gasteiger partial charge on any atom is -0.465 e. The van der Waals surface area contributed by atoms with Gasteiger partial charge < -0.3 is 14.2 Å². The molecule has 0 amide bonds. The third-order valence-corrected chi connectivity index (χ3v) is 3.58. The van der Waals surface area contributed by atoms with Crippen LogP contribution in [0.15, 0.2) is 24.3 Å². The summed E-state index contributed by atoms with van der Waals surface area (Å²) in [5, 5.41) is 0. The number of ether oxygens (including phenoxy) is 3. The third-order valence-electron chi connectivity index (χ3n) is 3.58. The normalized spacial score (nSPS) is 10.4. The molecule has 0 bridgehead atoms. The Morgan fingerprint density at radius 1 is 0.778 bits per heavy atom. The number of nitrogens with zero attached hydrogens (tertiary/aromatic N) is 2. The predicted molar refractivity (Wildman–Crippen MR) is 95.8 cm³/mol. The number of aromatic nitrogens is 2. The standard InChI is InChI=1S/C19H22N2O6/c1-13(22)25-10-7-17-18(21-16-6-4-3-5-15(16)20-17)8-11-27-19(24)9-12-26-14(2)23/h3-6H,7-12H2,1-2H3. The Morgan fingerprint density at radius 2 is 1.26 bits per heavy atom. The molecule has 0 fully saturated rings. The van der Waals surface area contributed by atoms with E-state index in [0.717, 1.165) is 11.0 Å². The number of fused-ring (bicyclic) bond motifs is 1. The van der Waals surface area contributed by atoms with Crippen molar-refractivity contribution in [3.05, 3.63) is 35.7 Å². The summed E-state index contributed by atoms with van der Waals surface area (Å²) in [6.45, 7) is 2.96. The van der Waals surface area contributed by atoms with Crippen molar-refractivity contribution in [3.8, 4) is 0 Å². The first-order valence-corrected chi connectivity index (χ1v) is 8.62. The third kappa shape index (κ3) is 7.01. The number of rotatable bonds is 9. The molecule has 0 aliphatic heterocycles. The van der Waals surface area contributed by atoms with Gasteiger partial charge in [-0.2, -0.15) is 0 Å². The first-order valence-electron chi connectivity index (χ1n) is 8.62. The summed E-state index contributed by atoms with van der Waals surface area (Å²) in [6.07, 6.45) is 0.808. The Morgan fingerprint density at radius 3 is 1.78 bits per heavy atom. The van der Waals surface area contributed by atoms with Crippen LogP contribution >= 0.6 is 0 Å². The summed E-state index contributed by atoms with van der Waals surface area (Å²) in [7, 11) is 0. The van der Waals surface area contributed by atoms with E-state index in [2.05, 4.69) is 9.97 Å². The molecular formula is C19H22N2O6. The lowest BCUT2D eigenvalue weighted by molar-refractivity contribution is -0.148. The van der Waals surface area contributed by atoms with E-state index < -0.39 is 11.9 Å². The summed E-state index contributed by atoms with van der Waals surface area (Å²) in [4.78, 5) is 42.5. The first-order chi connectivity index (χ1) is 13.0. The summed E-state index contributed by atoms with van der Waals surface area (Å²) in [6, 6.07) is 7.45. The van der Waals surface area contributed by atoms with Crippen molar-refractivity contribution in [2.75, 3.05) is 19.8 Å². The highest BCUT2D eigenvalue weighted by Gasteiger charge is 2.11. The van der Waals surface area contributed by atoms with E-state index in [1.165, 1.54) is 13.8 Å². The molecule has 0 spiro atoms. The number of benzene rings is 1. The molecule has 0 aliphatic carbocycles. The number of esters is 3. The maximum atomic E-state index is 11.7. The fourth-order valence-corrected chi connectivity index (χ4v) is 2.38. The van der Waals surface area contributed by atoms with Crippen molar-refractivity contribution in [2.24, 2.45) is 0 Å². The summed E-state index contributed by atoms with van der Waals surface area (Å²) in [5.41, 5.74) is 2.88. The number of carbonyl (C=O) groups is 3. The summed E-state index contributed by atoms with van der Waals surface area (Å²) in [5.74, 6) is -1.25. The van der Waals surface area contributed by atoms with Gasteiger partial charge in [-0.05, 0) is 12.1 Å². The molecule has 8 nitrogen and oxygen atoms in total. The van der Waals surface area contributed by atoms with Gasteiger partial charge in [0.2, 0.25) is 0 Å². The van der Waals surface area contributed by atoms with Gasteiger partial charge in [0.15, 0.2) is 0 Å². The Labute approximate surface area is 156 Å². The molecule has 0 aliphatic rings. The fraction of sp³-hybridized carbons (Fsp3) is 0.421. The lowest BCUT2D eigenvalue weighted by atomic mass is 10.1. The largest absolute Gasteiger partial charge is 0.465 e. The monoisotopic (exact) mass is 374 g/mol. The van der Waals surface area contributed by atoms with Gasteiger partial charge in [-0.3, -0.25) is 14.4 Å². The lowest BCUT2D eigenvalue weighted by Crippen LogP contribution is -2.14. The van der Waals surface area contributed by atoms with Crippen molar-refractivity contribution in [1.29, 1.82) is 0 Å². The smallest absolute Gasteiger partial charge is 0.309 e. The van der Waals surface area contributed by atoms with Crippen molar-refractivity contribution in [2.45, 2.75) is 33.1 Å². The first kappa shape index (κ1) is 20.3. The fourth-order valence-electron chi connectivity index (χ4n) is 2.38. The second kappa shape index (κ2) is 10.2. The zero-order chi connectivity index (χ0) is 19.6. The molecule has 1 aromatic heterocycles. The number of carbonyl (C=O) groups excluding carboxylic acids is 3. The lowest BCUT2D eigenvalue weighted by Gasteiger charge is -2.10. The van der Waals surface area contributed by atoms with Gasteiger partial charge in [-0.1, -0.05) is 12.1 Å². The maximum Gasteiger partial charge on any atom is 0.309 e. The minimum atomic E-state index is -0.452. The Balaban J connectivity index is 1.98. The molecule has 0 saturated carbocycles. The van der Waals surface area contributed by atoms with E-state index in [1.54, 1.807) is 0 Å². The van der Waals surface area contributed by atoms with Crippen LogP contribution in [0.25, 0.3) is 11.0 Å². The molecule has 8 heteroatoms.